The Morgan fingerprint density at radius 1 is 1.06 bits per heavy atom. The molecule has 0 saturated carbocycles. The smallest absolute Gasteiger partial charge is 0.0106 e. The molecule has 2 nitrogen and oxygen atoms in total. The van der Waals surface area contributed by atoms with Crippen molar-refractivity contribution in [3.63, 3.8) is 0 Å². The molecule has 0 aromatic carbocycles. The number of fused-ring (bicyclic) bond motifs is 10. The van der Waals surface area contributed by atoms with E-state index in [-0.39, 0.29) is 0 Å². The molecule has 1 spiro atoms. The molecule has 10 aliphatic rings. The maximum atomic E-state index is 12.2. The summed E-state index contributed by atoms with van der Waals surface area (Å²) in [7, 11) is 0. The summed E-state index contributed by atoms with van der Waals surface area (Å²) >= 11 is 0. The van der Waals surface area contributed by atoms with Crippen LogP contribution in [0.5, 0.6) is 0 Å². The first kappa shape index (κ1) is 7.07. The molecule has 2 N–H and O–H groups in total. The second kappa shape index (κ2) is 0.549. The number of carbonyl (C=O) groups is 1. The second-order valence-electron chi connectivity index (χ2n) is 10.6. The Bertz CT molecular complexity index is 866. The Morgan fingerprint density at radius 3 is 1.47 bits per heavy atom. The third-order valence-corrected chi connectivity index (χ3v) is 57.6. The molecule has 10 saturated heterocycles. The van der Waals surface area contributed by atoms with E-state index in [0.717, 1.165) is 12.3 Å². The average molecular weight is 273 g/mol. The van der Waals surface area contributed by atoms with Gasteiger partial charge in [-0.25, -0.2) is 0 Å². The van der Waals surface area contributed by atoms with E-state index < -0.39 is 6.51 Å². The second-order valence-corrected chi connectivity index (χ2v) is 34.2. The van der Waals surface area contributed by atoms with Crippen LogP contribution in [0.25, 0.3) is 0 Å². The van der Waals surface area contributed by atoms with Crippen molar-refractivity contribution in [3.8, 4) is 0 Å². The van der Waals surface area contributed by atoms with Crippen LogP contribution in [0.3, 0.4) is 0 Å². The zero-order valence-electron chi connectivity index (χ0n) is 10.2. The molecule has 10 heterocycles. The van der Waals surface area contributed by atoms with Crippen LogP contribution in [0.15, 0.2) is 0 Å². The normalized spacial score (nSPS) is 118. The van der Waals surface area contributed by atoms with Crippen LogP contribution in [0.1, 0.15) is 13.8 Å². The van der Waals surface area contributed by atoms with E-state index in [1.807, 2.05) is 13.8 Å². The van der Waals surface area contributed by atoms with E-state index in [4.69, 9.17) is 5.73 Å². The van der Waals surface area contributed by atoms with Gasteiger partial charge in [0.05, 0.1) is 0 Å². The summed E-state index contributed by atoms with van der Waals surface area (Å²) in [6, 6.07) is 0. The largest absolute Gasteiger partial charge is 0.331 e. The van der Waals surface area contributed by atoms with Gasteiger partial charge in [-0.3, -0.25) is 0 Å². The molecule has 4 unspecified atom stereocenters. The van der Waals surface area contributed by atoms with Crippen molar-refractivity contribution in [3.05, 3.63) is 0 Å². The van der Waals surface area contributed by atoms with E-state index in [2.05, 4.69) is 0 Å². The van der Waals surface area contributed by atoms with Gasteiger partial charge in [-0.15, -0.1) is 0 Å². The van der Waals surface area contributed by atoms with Gasteiger partial charge < -0.3 is 5.73 Å². The van der Waals surface area contributed by atoms with E-state index in [9.17, 15) is 4.79 Å². The molecule has 0 amide bonds. The number of ketones is 1. The van der Waals surface area contributed by atoms with Crippen LogP contribution < -0.4 is 5.73 Å². The SMILES string of the molecule is CC(=O)[C]12[CH]3[CH]4[CH]5[CH]1[Fe]45321678[CH]2[CH]1[CH]6[CH]7[CH]28.CCN. The summed E-state index contributed by atoms with van der Waals surface area (Å²) in [4.78, 5) is 23.9. The van der Waals surface area contributed by atoms with Crippen LogP contribution in [0.2, 0.25) is 47.7 Å². The van der Waals surface area contributed by atoms with E-state index in [1.165, 1.54) is 43.3 Å². The van der Waals surface area contributed by atoms with Gasteiger partial charge in [-0.1, -0.05) is 6.92 Å². The molecule has 0 aromatic heterocycles. The zero-order valence-corrected chi connectivity index (χ0v) is 11.3. The third kappa shape index (κ3) is 0.0673. The first-order valence-corrected chi connectivity index (χ1v) is 13.6. The number of carbonyl (C=O) groups excluding carboxylic acids is 1. The van der Waals surface area contributed by atoms with E-state index in [0.29, 0.717) is 4.31 Å². The topological polar surface area (TPSA) is 43.1 Å². The molecule has 17 heavy (non-hydrogen) atoms. The van der Waals surface area contributed by atoms with E-state index >= 15 is 0 Å². The Morgan fingerprint density at radius 2 is 1.41 bits per heavy atom. The summed E-state index contributed by atoms with van der Waals surface area (Å²) in [6.45, 7) is 1.70. The van der Waals surface area contributed by atoms with Crippen molar-refractivity contribution in [2.45, 2.75) is 61.5 Å². The summed E-state index contributed by atoms with van der Waals surface area (Å²) in [6.07, 6.45) is 0. The van der Waals surface area contributed by atoms with Gasteiger partial charge in [0.15, 0.2) is 0 Å². The van der Waals surface area contributed by atoms with Gasteiger partial charge in [0.1, 0.15) is 0 Å². The first-order valence-electron chi connectivity index (χ1n) is 7.33. The summed E-state index contributed by atoms with van der Waals surface area (Å²) in [5.41, 5.74) is 4.85. The van der Waals surface area contributed by atoms with Gasteiger partial charge in [0, 0.05) is 0 Å². The van der Waals surface area contributed by atoms with Gasteiger partial charge in [-0.2, -0.15) is 0 Å². The van der Waals surface area contributed by atoms with Crippen molar-refractivity contribution in [2.75, 3.05) is 6.54 Å². The fourth-order valence-electron chi connectivity index (χ4n) is 17.2. The minimum absolute atomic E-state index is 0.555. The van der Waals surface area contributed by atoms with Crippen LogP contribution in [0, 0.1) is 0 Å². The molecule has 10 fully saturated rings. The molecule has 0 aliphatic carbocycles. The number of hydrogen-bond acceptors (Lipinski definition) is 2. The molecular weight excluding hydrogens is 254 g/mol. The minimum Gasteiger partial charge on any atom is -0.331 e. The summed E-state index contributed by atoms with van der Waals surface area (Å²) < 4.78 is 0.555. The van der Waals surface area contributed by atoms with Crippen molar-refractivity contribution >= 4 is 5.78 Å². The van der Waals surface area contributed by atoms with Gasteiger partial charge >= 0.3 is 71.7 Å². The molecule has 0 radical (unpaired) electrons. The van der Waals surface area contributed by atoms with Gasteiger partial charge in [-0.05, 0) is 6.54 Å². The van der Waals surface area contributed by atoms with E-state index in [1.54, 1.807) is 0 Å². The van der Waals surface area contributed by atoms with Crippen molar-refractivity contribution in [1.82, 2.24) is 0 Å². The number of hydrogen-bond donors (Lipinski definition) is 1. The predicted molar refractivity (Wildman–Crippen MR) is 61.9 cm³/mol. The third-order valence-electron chi connectivity index (χ3n) is 15.2. The Hall–Kier alpha value is 0.149. The van der Waals surface area contributed by atoms with Crippen molar-refractivity contribution in [2.24, 2.45) is 5.73 Å². The van der Waals surface area contributed by atoms with Crippen LogP contribution in [-0.4, -0.2) is 12.3 Å². The van der Waals surface area contributed by atoms with Crippen LogP contribution in [0.4, 0.5) is 0 Å². The van der Waals surface area contributed by atoms with Crippen LogP contribution in [-0.2, 0) is 11.3 Å². The molecule has 0 bridgehead atoms. The molecule has 0 aromatic rings. The molecule has 3 heteroatoms. The Labute approximate surface area is 91.0 Å². The monoisotopic (exact) mass is 273 g/mol. The maximum absolute atomic E-state index is 12.2. The molecular formula is C14H19FeNO. The molecule has 4 atom stereocenters. The first-order chi connectivity index (χ1) is 7.90. The fourth-order valence-corrected chi connectivity index (χ4v) is 91.7. The Kier molecular flexibility index (Phi) is 0.228. The quantitative estimate of drug-likeness (QED) is 0.745. The minimum atomic E-state index is -2.94. The number of rotatable bonds is 1. The molecule has 10 aliphatic heterocycles. The molecule has 10 rings (SSSR count). The van der Waals surface area contributed by atoms with Gasteiger partial charge in [0.2, 0.25) is 0 Å². The van der Waals surface area contributed by atoms with Crippen LogP contribution >= 0.6 is 0 Å². The zero-order chi connectivity index (χ0) is 11.3. The van der Waals surface area contributed by atoms with Crippen molar-refractivity contribution < 1.29 is 11.3 Å². The number of Topliss-reactive ketones (excluding diaryl/α,β-unsaturated/α-hetero) is 1. The Balaban J connectivity index is 0.000000195. The summed E-state index contributed by atoms with van der Waals surface area (Å²) in [5, 5.41) is 0. The standard InChI is InChI=1S/C7H7O.C5H5.C2H7N.Fe/c1-6(8)7-4-2-3-5-7;1-2-4-5-3-1;1-2-3;/h2-5H,1H3;1-5H;2-3H2,1H3;. The molecule has 94 valence electrons. The van der Waals surface area contributed by atoms with Crippen molar-refractivity contribution in [1.29, 1.82) is 0 Å². The fraction of sp³-hybridized carbons (Fsp3) is 0.929. The number of nitrogens with two attached hydrogens (primary N) is 1. The summed E-state index contributed by atoms with van der Waals surface area (Å²) in [5.74, 6) is 0.726. The maximum Gasteiger partial charge on any atom is -0.0106 e. The predicted octanol–water partition coefficient (Wildman–Crippen LogP) is 3.30. The van der Waals surface area contributed by atoms with Gasteiger partial charge in [0.25, 0.3) is 0 Å². The average Bonchev–Trinajstić information content (AvgIpc) is 3.24.